The molecule has 0 atom stereocenters. The summed E-state index contributed by atoms with van der Waals surface area (Å²) >= 11 is 1.59. The Labute approximate surface area is 108 Å². The molecule has 0 bridgehead atoms. The standard InChI is InChI=1S/C9H6F3IN2O2/c1-16-6-4-5(2-3-14)15-8(13)7(6)17-9(10,11)12/h4H,2H2,1H3. The first-order valence-electron chi connectivity index (χ1n) is 4.23. The molecule has 0 aromatic carbocycles. The van der Waals surface area contributed by atoms with Gasteiger partial charge in [0.25, 0.3) is 0 Å². The number of methoxy groups -OCH3 is 1. The molecule has 92 valence electrons. The van der Waals surface area contributed by atoms with E-state index < -0.39 is 12.1 Å². The number of nitriles is 1. The van der Waals surface area contributed by atoms with Crippen LogP contribution in [0.1, 0.15) is 5.69 Å². The van der Waals surface area contributed by atoms with Gasteiger partial charge in [0.2, 0.25) is 5.75 Å². The molecule has 0 amide bonds. The fourth-order valence-electron chi connectivity index (χ4n) is 1.06. The van der Waals surface area contributed by atoms with Crippen molar-refractivity contribution in [3.05, 3.63) is 15.5 Å². The molecule has 17 heavy (non-hydrogen) atoms. The Balaban J connectivity index is 3.17. The first-order chi connectivity index (χ1) is 7.87. The molecular weight excluding hydrogens is 352 g/mol. The summed E-state index contributed by atoms with van der Waals surface area (Å²) in [6, 6.07) is 3.09. The van der Waals surface area contributed by atoms with Gasteiger partial charge in [0, 0.05) is 6.07 Å². The van der Waals surface area contributed by atoms with E-state index >= 15 is 0 Å². The first kappa shape index (κ1) is 13.8. The summed E-state index contributed by atoms with van der Waals surface area (Å²) in [5.74, 6) is -0.603. The van der Waals surface area contributed by atoms with E-state index in [1.165, 1.54) is 13.2 Å². The number of hydrogen-bond acceptors (Lipinski definition) is 4. The van der Waals surface area contributed by atoms with Crippen molar-refractivity contribution in [3.63, 3.8) is 0 Å². The highest BCUT2D eigenvalue weighted by atomic mass is 127. The Morgan fingerprint density at radius 3 is 2.65 bits per heavy atom. The minimum absolute atomic E-state index is 0.00970. The Bertz CT molecular complexity index is 457. The molecule has 4 nitrogen and oxygen atoms in total. The van der Waals surface area contributed by atoms with Gasteiger partial charge in [-0.2, -0.15) is 5.26 Å². The quantitative estimate of drug-likeness (QED) is 0.616. The predicted octanol–water partition coefficient (Wildman–Crippen LogP) is 2.66. The summed E-state index contributed by atoms with van der Waals surface area (Å²) in [4.78, 5) is 3.81. The van der Waals surface area contributed by atoms with E-state index in [4.69, 9.17) is 10.00 Å². The molecule has 0 unspecified atom stereocenters. The molecule has 0 saturated heterocycles. The van der Waals surface area contributed by atoms with Crippen LogP contribution in [-0.2, 0) is 6.42 Å². The third kappa shape index (κ3) is 3.92. The second-order valence-corrected chi connectivity index (χ2v) is 3.84. The van der Waals surface area contributed by atoms with Crippen molar-refractivity contribution in [2.75, 3.05) is 7.11 Å². The minimum Gasteiger partial charge on any atom is -0.493 e. The minimum atomic E-state index is -4.81. The molecule has 0 fully saturated rings. The van der Waals surface area contributed by atoms with Gasteiger partial charge >= 0.3 is 6.36 Å². The van der Waals surface area contributed by atoms with Crippen molar-refractivity contribution < 1.29 is 22.6 Å². The third-order valence-corrected chi connectivity index (χ3v) is 2.38. The summed E-state index contributed by atoms with van der Waals surface area (Å²) in [6.45, 7) is 0. The maximum absolute atomic E-state index is 12.1. The van der Waals surface area contributed by atoms with E-state index in [9.17, 15) is 13.2 Å². The van der Waals surface area contributed by atoms with Crippen LogP contribution in [0.2, 0.25) is 0 Å². The summed E-state index contributed by atoms with van der Waals surface area (Å²) in [5, 5.41) is 8.49. The summed E-state index contributed by atoms with van der Waals surface area (Å²) in [7, 11) is 1.21. The molecule has 0 spiro atoms. The van der Waals surface area contributed by atoms with E-state index in [0.29, 0.717) is 5.69 Å². The molecule has 0 aliphatic carbocycles. The van der Waals surface area contributed by atoms with Crippen LogP contribution in [0.25, 0.3) is 0 Å². The Kier molecular flexibility index (Phi) is 4.39. The van der Waals surface area contributed by atoms with Crippen molar-refractivity contribution in [1.82, 2.24) is 4.98 Å². The number of hydrogen-bond donors (Lipinski definition) is 0. The zero-order chi connectivity index (χ0) is 13.1. The fraction of sp³-hybridized carbons (Fsp3) is 0.333. The topological polar surface area (TPSA) is 55.1 Å². The Morgan fingerprint density at radius 1 is 1.53 bits per heavy atom. The number of pyridine rings is 1. The lowest BCUT2D eigenvalue weighted by atomic mass is 10.2. The van der Waals surface area contributed by atoms with Crippen molar-refractivity contribution in [3.8, 4) is 17.6 Å². The van der Waals surface area contributed by atoms with E-state index in [1.54, 1.807) is 22.6 Å². The molecular formula is C9H6F3IN2O2. The van der Waals surface area contributed by atoms with Crippen LogP contribution >= 0.6 is 22.6 Å². The van der Waals surface area contributed by atoms with E-state index in [1.807, 2.05) is 6.07 Å². The second kappa shape index (κ2) is 5.39. The largest absolute Gasteiger partial charge is 0.573 e. The third-order valence-electron chi connectivity index (χ3n) is 1.65. The molecule has 0 aliphatic heterocycles. The maximum Gasteiger partial charge on any atom is 0.573 e. The molecule has 1 rings (SSSR count). The van der Waals surface area contributed by atoms with Crippen molar-refractivity contribution in [1.29, 1.82) is 5.26 Å². The van der Waals surface area contributed by atoms with Crippen LogP contribution in [0.3, 0.4) is 0 Å². The van der Waals surface area contributed by atoms with Crippen molar-refractivity contribution >= 4 is 22.6 Å². The highest BCUT2D eigenvalue weighted by Crippen LogP contribution is 2.35. The number of halogens is 4. The average molecular weight is 358 g/mol. The predicted molar refractivity (Wildman–Crippen MR) is 59.5 cm³/mol. The molecule has 8 heteroatoms. The van der Waals surface area contributed by atoms with E-state index in [0.717, 1.165) is 0 Å². The number of nitrogens with zero attached hydrogens (tertiary/aromatic N) is 2. The molecule has 0 aliphatic rings. The smallest absolute Gasteiger partial charge is 0.493 e. The molecule has 1 aromatic rings. The van der Waals surface area contributed by atoms with Gasteiger partial charge in [0.1, 0.15) is 3.70 Å². The van der Waals surface area contributed by atoms with Gasteiger partial charge in [-0.25, -0.2) is 4.98 Å². The summed E-state index contributed by atoms with van der Waals surface area (Å²) < 4.78 is 45.0. The van der Waals surface area contributed by atoms with E-state index in [2.05, 4.69) is 9.72 Å². The van der Waals surface area contributed by atoms with Gasteiger partial charge in [0.05, 0.1) is 25.3 Å². The Hall–Kier alpha value is -1.24. The van der Waals surface area contributed by atoms with Crippen molar-refractivity contribution in [2.24, 2.45) is 0 Å². The van der Waals surface area contributed by atoms with Gasteiger partial charge in [-0.15, -0.1) is 13.2 Å². The lowest BCUT2D eigenvalue weighted by Gasteiger charge is -2.14. The molecule has 0 N–H and O–H groups in total. The van der Waals surface area contributed by atoms with Crippen LogP contribution in [0.5, 0.6) is 11.5 Å². The summed E-state index contributed by atoms with van der Waals surface area (Å²) in [6.07, 6.45) is -4.83. The Morgan fingerprint density at radius 2 is 2.18 bits per heavy atom. The van der Waals surface area contributed by atoms with Gasteiger partial charge in [-0.1, -0.05) is 0 Å². The maximum atomic E-state index is 12.1. The van der Waals surface area contributed by atoms with Gasteiger partial charge < -0.3 is 9.47 Å². The van der Waals surface area contributed by atoms with Gasteiger partial charge in [-0.3, -0.25) is 0 Å². The second-order valence-electron chi connectivity index (χ2n) is 2.82. The number of aromatic nitrogens is 1. The van der Waals surface area contributed by atoms with Crippen LogP contribution in [0.4, 0.5) is 13.2 Å². The molecule has 0 radical (unpaired) electrons. The highest BCUT2D eigenvalue weighted by Gasteiger charge is 2.34. The normalized spacial score (nSPS) is 10.8. The van der Waals surface area contributed by atoms with Crippen molar-refractivity contribution in [2.45, 2.75) is 12.8 Å². The molecule has 1 aromatic heterocycles. The molecule has 1 heterocycles. The summed E-state index contributed by atoms with van der Waals surface area (Å²) in [5.41, 5.74) is 0.322. The monoisotopic (exact) mass is 358 g/mol. The lowest BCUT2D eigenvalue weighted by Crippen LogP contribution is -2.19. The van der Waals surface area contributed by atoms with Gasteiger partial charge in [0.15, 0.2) is 5.75 Å². The highest BCUT2D eigenvalue weighted by molar-refractivity contribution is 14.1. The lowest BCUT2D eigenvalue weighted by molar-refractivity contribution is -0.275. The SMILES string of the molecule is COc1cc(CC#N)nc(I)c1OC(F)(F)F. The molecule has 0 saturated carbocycles. The average Bonchev–Trinajstić information content (AvgIpc) is 2.20. The zero-order valence-electron chi connectivity index (χ0n) is 8.51. The van der Waals surface area contributed by atoms with Crippen LogP contribution in [0.15, 0.2) is 6.07 Å². The number of ether oxygens (including phenoxy) is 2. The number of rotatable bonds is 3. The van der Waals surface area contributed by atoms with E-state index in [-0.39, 0.29) is 15.9 Å². The zero-order valence-corrected chi connectivity index (χ0v) is 10.7. The van der Waals surface area contributed by atoms with Crippen LogP contribution in [-0.4, -0.2) is 18.5 Å². The van der Waals surface area contributed by atoms with Crippen LogP contribution in [0, 0.1) is 15.0 Å². The fourth-order valence-corrected chi connectivity index (χ4v) is 1.74. The van der Waals surface area contributed by atoms with Gasteiger partial charge in [-0.05, 0) is 22.6 Å². The number of alkyl halides is 3. The first-order valence-corrected chi connectivity index (χ1v) is 5.31. The van der Waals surface area contributed by atoms with Crippen LogP contribution < -0.4 is 9.47 Å².